The van der Waals surface area contributed by atoms with Gasteiger partial charge < -0.3 is 4.74 Å². The molecule has 2 heteroatoms. The average Bonchev–Trinajstić information content (AvgIpc) is 2.89. The van der Waals surface area contributed by atoms with Crippen LogP contribution in [0, 0.1) is 5.92 Å². The van der Waals surface area contributed by atoms with E-state index in [0.29, 0.717) is 6.42 Å². The van der Waals surface area contributed by atoms with Gasteiger partial charge in [0, 0.05) is 12.0 Å². The summed E-state index contributed by atoms with van der Waals surface area (Å²) in [5.41, 5.74) is 0.809. The molecule has 0 aromatic heterocycles. The molecular weight excluding hydrogens is 212 g/mol. The van der Waals surface area contributed by atoms with Crippen molar-refractivity contribution in [3.8, 4) is 5.75 Å². The van der Waals surface area contributed by atoms with Crippen molar-refractivity contribution in [3.05, 3.63) is 29.8 Å². The predicted octanol–water partition coefficient (Wildman–Crippen LogP) is 3.85. The Bertz CT molecular complexity index is 361. The van der Waals surface area contributed by atoms with Crippen LogP contribution in [0.25, 0.3) is 0 Å². The number of hydrogen-bond acceptors (Lipinski definition) is 2. The van der Waals surface area contributed by atoms with Crippen molar-refractivity contribution in [2.24, 2.45) is 5.92 Å². The van der Waals surface area contributed by atoms with Crippen molar-refractivity contribution in [1.82, 2.24) is 0 Å². The zero-order valence-corrected chi connectivity index (χ0v) is 10.4. The molecule has 0 aliphatic heterocycles. The minimum atomic E-state index is 0.263. The smallest absolute Gasteiger partial charge is 0.162 e. The lowest BCUT2D eigenvalue weighted by molar-refractivity contribution is 0.0974. The molecule has 0 heterocycles. The van der Waals surface area contributed by atoms with E-state index in [2.05, 4.69) is 0 Å². The second-order valence-corrected chi connectivity index (χ2v) is 4.84. The van der Waals surface area contributed by atoms with Crippen molar-refractivity contribution >= 4 is 5.78 Å². The summed E-state index contributed by atoms with van der Waals surface area (Å²) in [7, 11) is 1.64. The molecule has 0 saturated heterocycles. The standard InChI is InChI=1S/C15H20O2/c1-17-14-9-7-13(8-10-14)15(16)11-6-12-4-2-3-5-12/h7-10,12H,2-6,11H2,1H3. The zero-order valence-electron chi connectivity index (χ0n) is 10.4. The second-order valence-electron chi connectivity index (χ2n) is 4.84. The molecule has 1 aromatic rings. The largest absolute Gasteiger partial charge is 0.497 e. The van der Waals surface area contributed by atoms with Crippen molar-refractivity contribution in [2.75, 3.05) is 7.11 Å². The molecule has 1 saturated carbocycles. The molecular formula is C15H20O2. The van der Waals surface area contributed by atoms with Gasteiger partial charge in [0.15, 0.2) is 5.78 Å². The summed E-state index contributed by atoms with van der Waals surface area (Å²) in [6.07, 6.45) is 7.08. The summed E-state index contributed by atoms with van der Waals surface area (Å²) in [6.45, 7) is 0. The summed E-state index contributed by atoms with van der Waals surface area (Å²) in [5.74, 6) is 1.86. The van der Waals surface area contributed by atoms with Crippen molar-refractivity contribution < 1.29 is 9.53 Å². The molecule has 1 fully saturated rings. The van der Waals surface area contributed by atoms with Gasteiger partial charge in [-0.3, -0.25) is 4.79 Å². The van der Waals surface area contributed by atoms with Crippen LogP contribution in [0.4, 0.5) is 0 Å². The maximum Gasteiger partial charge on any atom is 0.162 e. The van der Waals surface area contributed by atoms with Crippen LogP contribution < -0.4 is 4.74 Å². The Balaban J connectivity index is 1.85. The minimum absolute atomic E-state index is 0.263. The van der Waals surface area contributed by atoms with Gasteiger partial charge in [0.2, 0.25) is 0 Å². The highest BCUT2D eigenvalue weighted by Gasteiger charge is 2.16. The third kappa shape index (κ3) is 3.32. The number of ether oxygens (including phenoxy) is 1. The van der Waals surface area contributed by atoms with Crippen molar-refractivity contribution in [2.45, 2.75) is 38.5 Å². The van der Waals surface area contributed by atoms with Gasteiger partial charge in [-0.1, -0.05) is 25.7 Å². The van der Waals surface area contributed by atoms with E-state index < -0.39 is 0 Å². The maximum atomic E-state index is 12.0. The molecule has 1 aliphatic rings. The number of Topliss-reactive ketones (excluding diaryl/α,β-unsaturated/α-hetero) is 1. The van der Waals surface area contributed by atoms with Crippen LogP contribution in [0.3, 0.4) is 0 Å². The number of carbonyl (C=O) groups excluding carboxylic acids is 1. The molecule has 0 radical (unpaired) electrons. The molecule has 0 amide bonds. The third-order valence-corrected chi connectivity index (χ3v) is 3.67. The SMILES string of the molecule is COc1ccc(C(=O)CCC2CCCC2)cc1. The fourth-order valence-electron chi connectivity index (χ4n) is 2.56. The highest BCUT2D eigenvalue weighted by atomic mass is 16.5. The summed E-state index contributed by atoms with van der Waals surface area (Å²) < 4.78 is 5.08. The molecule has 2 rings (SSSR count). The van der Waals surface area contributed by atoms with Gasteiger partial charge in [-0.25, -0.2) is 0 Å². The number of benzene rings is 1. The number of hydrogen-bond donors (Lipinski definition) is 0. The zero-order chi connectivity index (χ0) is 12.1. The fourth-order valence-corrected chi connectivity index (χ4v) is 2.56. The van der Waals surface area contributed by atoms with Crippen LogP contribution >= 0.6 is 0 Å². The van der Waals surface area contributed by atoms with Gasteiger partial charge in [-0.15, -0.1) is 0 Å². The minimum Gasteiger partial charge on any atom is -0.497 e. The number of carbonyl (C=O) groups is 1. The molecule has 2 nitrogen and oxygen atoms in total. The maximum absolute atomic E-state index is 12.0. The molecule has 0 atom stereocenters. The van der Waals surface area contributed by atoms with Crippen LogP contribution in [0.5, 0.6) is 5.75 Å². The van der Waals surface area contributed by atoms with Gasteiger partial charge in [0.25, 0.3) is 0 Å². The quantitative estimate of drug-likeness (QED) is 0.721. The average molecular weight is 232 g/mol. The Labute approximate surface area is 103 Å². The highest BCUT2D eigenvalue weighted by molar-refractivity contribution is 5.96. The first-order valence-electron chi connectivity index (χ1n) is 6.47. The van der Waals surface area contributed by atoms with Crippen molar-refractivity contribution in [1.29, 1.82) is 0 Å². The molecule has 0 spiro atoms. The first kappa shape index (κ1) is 12.2. The van der Waals surface area contributed by atoms with E-state index in [-0.39, 0.29) is 5.78 Å². The predicted molar refractivity (Wildman–Crippen MR) is 68.5 cm³/mol. The van der Waals surface area contributed by atoms with E-state index in [9.17, 15) is 4.79 Å². The van der Waals surface area contributed by atoms with Crippen LogP contribution in [0.1, 0.15) is 48.9 Å². The lowest BCUT2D eigenvalue weighted by Crippen LogP contribution is -2.02. The Kier molecular flexibility index (Phi) is 4.18. The Morgan fingerprint density at radius 3 is 2.47 bits per heavy atom. The van der Waals surface area contributed by atoms with Gasteiger partial charge in [0.05, 0.1) is 7.11 Å². The fraction of sp³-hybridized carbons (Fsp3) is 0.533. The van der Waals surface area contributed by atoms with Crippen molar-refractivity contribution in [3.63, 3.8) is 0 Å². The van der Waals surface area contributed by atoms with E-state index in [1.54, 1.807) is 7.11 Å². The second kappa shape index (κ2) is 5.85. The number of methoxy groups -OCH3 is 1. The lowest BCUT2D eigenvalue weighted by Gasteiger charge is -2.08. The molecule has 17 heavy (non-hydrogen) atoms. The first-order chi connectivity index (χ1) is 8.29. The number of rotatable bonds is 5. The lowest BCUT2D eigenvalue weighted by atomic mass is 9.97. The summed E-state index contributed by atoms with van der Waals surface area (Å²) in [5, 5.41) is 0. The van der Waals surface area contributed by atoms with Crippen LogP contribution in [-0.2, 0) is 0 Å². The van der Waals surface area contributed by atoms with Crippen LogP contribution in [-0.4, -0.2) is 12.9 Å². The molecule has 0 unspecified atom stereocenters. The van der Waals surface area contributed by atoms with Crippen LogP contribution in [0.2, 0.25) is 0 Å². The highest BCUT2D eigenvalue weighted by Crippen LogP contribution is 2.29. The summed E-state index contributed by atoms with van der Waals surface area (Å²) in [4.78, 5) is 12.0. The monoisotopic (exact) mass is 232 g/mol. The summed E-state index contributed by atoms with van der Waals surface area (Å²) in [6, 6.07) is 7.41. The van der Waals surface area contributed by atoms with Gasteiger partial charge in [0.1, 0.15) is 5.75 Å². The third-order valence-electron chi connectivity index (χ3n) is 3.67. The van der Waals surface area contributed by atoms with E-state index in [1.807, 2.05) is 24.3 Å². The normalized spacial score (nSPS) is 16.1. The Hall–Kier alpha value is -1.31. The molecule has 1 aliphatic carbocycles. The van der Waals surface area contributed by atoms with E-state index in [1.165, 1.54) is 25.7 Å². The van der Waals surface area contributed by atoms with Crippen LogP contribution in [0.15, 0.2) is 24.3 Å². The topological polar surface area (TPSA) is 26.3 Å². The number of ketones is 1. The Morgan fingerprint density at radius 1 is 1.24 bits per heavy atom. The first-order valence-corrected chi connectivity index (χ1v) is 6.47. The molecule has 92 valence electrons. The van der Waals surface area contributed by atoms with Gasteiger partial charge in [-0.2, -0.15) is 0 Å². The summed E-state index contributed by atoms with van der Waals surface area (Å²) >= 11 is 0. The molecule has 1 aromatic carbocycles. The van der Waals surface area contributed by atoms with E-state index in [4.69, 9.17) is 4.74 Å². The van der Waals surface area contributed by atoms with Gasteiger partial charge >= 0.3 is 0 Å². The van der Waals surface area contributed by atoms with E-state index >= 15 is 0 Å². The van der Waals surface area contributed by atoms with E-state index in [0.717, 1.165) is 23.7 Å². The molecule has 0 bridgehead atoms. The molecule has 0 N–H and O–H groups in total. The Morgan fingerprint density at radius 2 is 1.88 bits per heavy atom. The van der Waals surface area contributed by atoms with Gasteiger partial charge in [-0.05, 0) is 36.6 Å².